The number of hydrogen-bond donors (Lipinski definition) is 1. The second-order valence-corrected chi connectivity index (χ2v) is 6.31. The normalized spacial score (nSPS) is 19.9. The number of pyridine rings is 1. The van der Waals surface area contributed by atoms with Crippen molar-refractivity contribution in [3.8, 4) is 0 Å². The van der Waals surface area contributed by atoms with Gasteiger partial charge in [0, 0.05) is 11.9 Å². The van der Waals surface area contributed by atoms with E-state index in [1.807, 2.05) is 42.2 Å². The standard InChI is InChI=1S/C19H16FN3OS/c1-12-5-10-16(24-12)18-17(15-4-2-3-11-21-15)22-19(25)23(18)14-8-6-13(20)7-9-14/h2-11,17-18H,1H3,(H,22,25)/t17-,18-/m0/s1. The molecular formula is C19H16FN3OS. The molecule has 0 unspecified atom stereocenters. The van der Waals surface area contributed by atoms with Gasteiger partial charge in [0.1, 0.15) is 23.4 Å². The van der Waals surface area contributed by atoms with Crippen LogP contribution in [0, 0.1) is 12.7 Å². The fraction of sp³-hybridized carbons (Fsp3) is 0.158. The molecule has 2 aromatic heterocycles. The summed E-state index contributed by atoms with van der Waals surface area (Å²) in [7, 11) is 0. The molecule has 1 saturated heterocycles. The highest BCUT2D eigenvalue weighted by Crippen LogP contribution is 2.41. The van der Waals surface area contributed by atoms with Crippen LogP contribution < -0.4 is 10.2 Å². The van der Waals surface area contributed by atoms with Gasteiger partial charge in [0.25, 0.3) is 0 Å². The van der Waals surface area contributed by atoms with E-state index >= 15 is 0 Å². The van der Waals surface area contributed by atoms with Crippen LogP contribution in [0.5, 0.6) is 0 Å². The van der Waals surface area contributed by atoms with E-state index in [2.05, 4.69) is 10.3 Å². The summed E-state index contributed by atoms with van der Waals surface area (Å²) in [6, 6.07) is 15.6. The Labute approximate surface area is 150 Å². The smallest absolute Gasteiger partial charge is 0.174 e. The van der Waals surface area contributed by atoms with Crippen LogP contribution in [0.25, 0.3) is 0 Å². The highest BCUT2D eigenvalue weighted by molar-refractivity contribution is 7.80. The lowest BCUT2D eigenvalue weighted by atomic mass is 10.0. The summed E-state index contributed by atoms with van der Waals surface area (Å²) >= 11 is 5.57. The van der Waals surface area contributed by atoms with Crippen LogP contribution >= 0.6 is 12.2 Å². The SMILES string of the molecule is Cc1ccc([C@H]2[C@H](c3ccccn3)NC(=S)N2c2ccc(F)cc2)o1. The average Bonchev–Trinajstić information content (AvgIpc) is 3.20. The third kappa shape index (κ3) is 2.89. The molecule has 126 valence electrons. The molecule has 1 aliphatic rings. The molecule has 3 heterocycles. The molecule has 0 aliphatic carbocycles. The van der Waals surface area contributed by atoms with E-state index in [1.165, 1.54) is 12.1 Å². The van der Waals surface area contributed by atoms with Crippen LogP contribution in [-0.2, 0) is 0 Å². The molecule has 6 heteroatoms. The number of benzene rings is 1. The second-order valence-electron chi connectivity index (χ2n) is 5.92. The molecule has 1 aliphatic heterocycles. The van der Waals surface area contributed by atoms with Crippen molar-refractivity contribution in [3.05, 3.63) is 83.8 Å². The lowest BCUT2D eigenvalue weighted by Gasteiger charge is -2.26. The quantitative estimate of drug-likeness (QED) is 0.711. The highest BCUT2D eigenvalue weighted by atomic mass is 32.1. The molecule has 1 fully saturated rings. The number of thiocarbonyl (C=S) groups is 1. The zero-order valence-corrected chi connectivity index (χ0v) is 14.3. The molecule has 0 saturated carbocycles. The third-order valence-electron chi connectivity index (χ3n) is 4.26. The molecule has 2 atom stereocenters. The molecule has 1 N–H and O–H groups in total. The minimum Gasteiger partial charge on any atom is -0.464 e. The van der Waals surface area contributed by atoms with Gasteiger partial charge in [-0.3, -0.25) is 4.98 Å². The van der Waals surface area contributed by atoms with Crippen LogP contribution in [0.2, 0.25) is 0 Å². The lowest BCUT2D eigenvalue weighted by Crippen LogP contribution is -2.29. The van der Waals surface area contributed by atoms with Crippen molar-refractivity contribution in [1.29, 1.82) is 0 Å². The van der Waals surface area contributed by atoms with E-state index in [0.29, 0.717) is 5.11 Å². The minimum absolute atomic E-state index is 0.163. The van der Waals surface area contributed by atoms with Crippen molar-refractivity contribution in [2.45, 2.75) is 19.0 Å². The number of aryl methyl sites for hydroxylation is 1. The van der Waals surface area contributed by atoms with Crippen LogP contribution in [0.4, 0.5) is 10.1 Å². The van der Waals surface area contributed by atoms with E-state index in [0.717, 1.165) is 22.9 Å². The number of anilines is 1. The fourth-order valence-electron chi connectivity index (χ4n) is 3.14. The zero-order valence-electron chi connectivity index (χ0n) is 13.5. The van der Waals surface area contributed by atoms with Crippen molar-refractivity contribution in [2.75, 3.05) is 4.90 Å². The summed E-state index contributed by atoms with van der Waals surface area (Å²) in [6.07, 6.45) is 1.76. The molecule has 0 radical (unpaired) electrons. The molecule has 0 bridgehead atoms. The minimum atomic E-state index is -0.284. The monoisotopic (exact) mass is 353 g/mol. The van der Waals surface area contributed by atoms with E-state index in [9.17, 15) is 4.39 Å². The van der Waals surface area contributed by atoms with E-state index < -0.39 is 0 Å². The molecule has 4 rings (SSSR count). The Hall–Kier alpha value is -2.73. The number of hydrogen-bond acceptors (Lipinski definition) is 3. The Morgan fingerprint density at radius 3 is 2.56 bits per heavy atom. The summed E-state index contributed by atoms with van der Waals surface area (Å²) in [5, 5.41) is 3.89. The maximum atomic E-state index is 13.3. The Bertz CT molecular complexity index is 895. The van der Waals surface area contributed by atoms with Gasteiger partial charge in [-0.1, -0.05) is 6.07 Å². The molecule has 0 spiro atoms. The number of nitrogens with zero attached hydrogens (tertiary/aromatic N) is 2. The summed E-state index contributed by atoms with van der Waals surface area (Å²) < 4.78 is 19.2. The summed E-state index contributed by atoms with van der Waals surface area (Å²) in [5.41, 5.74) is 1.67. The third-order valence-corrected chi connectivity index (χ3v) is 4.57. The van der Waals surface area contributed by atoms with Gasteiger partial charge in [-0.25, -0.2) is 4.39 Å². The van der Waals surface area contributed by atoms with Gasteiger partial charge >= 0.3 is 0 Å². The summed E-state index contributed by atoms with van der Waals surface area (Å²) in [5.74, 6) is 1.32. The molecule has 1 aromatic carbocycles. The Kier molecular flexibility index (Phi) is 3.97. The molecule has 4 nitrogen and oxygen atoms in total. The molecule has 25 heavy (non-hydrogen) atoms. The van der Waals surface area contributed by atoms with Crippen molar-refractivity contribution in [3.63, 3.8) is 0 Å². The maximum absolute atomic E-state index is 13.3. The Balaban J connectivity index is 1.81. The molecular weight excluding hydrogens is 337 g/mol. The van der Waals surface area contributed by atoms with E-state index in [1.54, 1.807) is 18.3 Å². The van der Waals surface area contributed by atoms with Gasteiger partial charge in [0.15, 0.2) is 5.11 Å². The highest BCUT2D eigenvalue weighted by Gasteiger charge is 2.42. The topological polar surface area (TPSA) is 41.3 Å². The number of rotatable bonds is 3. The van der Waals surface area contributed by atoms with Crippen LogP contribution in [0.15, 0.2) is 65.2 Å². The average molecular weight is 353 g/mol. The first-order valence-electron chi connectivity index (χ1n) is 7.96. The van der Waals surface area contributed by atoms with Gasteiger partial charge < -0.3 is 14.6 Å². The van der Waals surface area contributed by atoms with Crippen molar-refractivity contribution in [1.82, 2.24) is 10.3 Å². The first-order valence-corrected chi connectivity index (χ1v) is 8.37. The Morgan fingerprint density at radius 1 is 1.12 bits per heavy atom. The van der Waals surface area contributed by atoms with Gasteiger partial charge in [-0.15, -0.1) is 0 Å². The summed E-state index contributed by atoms with van der Waals surface area (Å²) in [4.78, 5) is 6.42. The van der Waals surface area contributed by atoms with Gasteiger partial charge in [-0.05, 0) is 67.7 Å². The summed E-state index contributed by atoms with van der Waals surface area (Å²) in [6.45, 7) is 1.90. The van der Waals surface area contributed by atoms with Crippen LogP contribution in [0.3, 0.4) is 0 Å². The Morgan fingerprint density at radius 2 is 1.92 bits per heavy atom. The van der Waals surface area contributed by atoms with E-state index in [4.69, 9.17) is 16.6 Å². The van der Waals surface area contributed by atoms with Crippen molar-refractivity contribution < 1.29 is 8.81 Å². The number of furan rings is 1. The van der Waals surface area contributed by atoms with Gasteiger partial charge in [0.05, 0.1) is 11.7 Å². The number of nitrogens with one attached hydrogen (secondary N) is 1. The first-order chi connectivity index (χ1) is 12.1. The van der Waals surface area contributed by atoms with Gasteiger partial charge in [-0.2, -0.15) is 0 Å². The predicted octanol–water partition coefficient (Wildman–Crippen LogP) is 4.30. The molecule has 0 amide bonds. The number of aromatic nitrogens is 1. The zero-order chi connectivity index (χ0) is 17.4. The second kappa shape index (κ2) is 6.29. The first kappa shape index (κ1) is 15.8. The maximum Gasteiger partial charge on any atom is 0.174 e. The van der Waals surface area contributed by atoms with Gasteiger partial charge in [0.2, 0.25) is 0 Å². The largest absolute Gasteiger partial charge is 0.464 e. The predicted molar refractivity (Wildman–Crippen MR) is 97.8 cm³/mol. The van der Waals surface area contributed by atoms with Crippen molar-refractivity contribution >= 4 is 23.0 Å². The van der Waals surface area contributed by atoms with Crippen LogP contribution in [-0.4, -0.2) is 10.1 Å². The van der Waals surface area contributed by atoms with Crippen molar-refractivity contribution in [2.24, 2.45) is 0 Å². The lowest BCUT2D eigenvalue weighted by molar-refractivity contribution is 0.418. The fourth-order valence-corrected chi connectivity index (χ4v) is 3.48. The molecule has 3 aromatic rings. The number of halogens is 1. The van der Waals surface area contributed by atoms with Crippen LogP contribution in [0.1, 0.15) is 29.3 Å². The van der Waals surface area contributed by atoms with E-state index in [-0.39, 0.29) is 17.9 Å².